The van der Waals surface area contributed by atoms with Crippen LogP contribution in [0, 0.1) is 0 Å². The molecule has 0 amide bonds. The lowest BCUT2D eigenvalue weighted by atomic mass is 10.2. The smallest absolute Gasteiger partial charge is 0.350 e. The lowest BCUT2D eigenvalue weighted by Crippen LogP contribution is -2.07. The lowest BCUT2D eigenvalue weighted by molar-refractivity contribution is 0.0607. The van der Waals surface area contributed by atoms with E-state index < -0.39 is 0 Å². The second-order valence-corrected chi connectivity index (χ2v) is 6.50. The van der Waals surface area contributed by atoms with Gasteiger partial charge in [-0.1, -0.05) is 28.1 Å². The van der Waals surface area contributed by atoms with E-state index in [1.165, 1.54) is 18.4 Å². The molecule has 0 aliphatic heterocycles. The van der Waals surface area contributed by atoms with Gasteiger partial charge in [-0.05, 0) is 23.8 Å². The standard InChI is InChI=1S/C15H15BrN2O2S/c1-18(2)9-17-12-8-13(21-14(12)15(19)20-3)10-4-6-11(16)7-5-10/h4-9H,1-3H3. The summed E-state index contributed by atoms with van der Waals surface area (Å²) in [6.07, 6.45) is 1.67. The zero-order valence-electron chi connectivity index (χ0n) is 12.0. The van der Waals surface area contributed by atoms with Crippen LogP contribution < -0.4 is 0 Å². The summed E-state index contributed by atoms with van der Waals surface area (Å²) in [5.74, 6) is -0.366. The minimum Gasteiger partial charge on any atom is -0.465 e. The molecule has 1 heterocycles. The molecule has 0 aliphatic rings. The van der Waals surface area contributed by atoms with Gasteiger partial charge in [0.05, 0.1) is 19.1 Å². The normalized spacial score (nSPS) is 10.9. The van der Waals surface area contributed by atoms with Crippen molar-refractivity contribution >= 4 is 45.3 Å². The Hall–Kier alpha value is -1.66. The monoisotopic (exact) mass is 366 g/mol. The summed E-state index contributed by atoms with van der Waals surface area (Å²) in [5, 5.41) is 0. The molecule has 0 bridgehead atoms. The van der Waals surface area contributed by atoms with Crippen LogP contribution in [0.2, 0.25) is 0 Å². The summed E-state index contributed by atoms with van der Waals surface area (Å²) >= 11 is 4.79. The molecular weight excluding hydrogens is 352 g/mol. The first kappa shape index (κ1) is 15.7. The molecule has 4 nitrogen and oxygen atoms in total. The molecule has 21 heavy (non-hydrogen) atoms. The first-order valence-corrected chi connectivity index (χ1v) is 7.81. The predicted octanol–water partition coefficient (Wildman–Crippen LogP) is 4.19. The van der Waals surface area contributed by atoms with E-state index in [1.54, 1.807) is 6.34 Å². The molecule has 0 atom stereocenters. The third kappa shape index (κ3) is 3.92. The molecule has 0 fully saturated rings. The van der Waals surface area contributed by atoms with Crippen molar-refractivity contribution in [3.8, 4) is 10.4 Å². The van der Waals surface area contributed by atoms with Crippen molar-refractivity contribution in [2.24, 2.45) is 4.99 Å². The molecular formula is C15H15BrN2O2S. The minimum absolute atomic E-state index is 0.366. The molecule has 0 saturated heterocycles. The van der Waals surface area contributed by atoms with E-state index in [4.69, 9.17) is 4.74 Å². The minimum atomic E-state index is -0.366. The van der Waals surface area contributed by atoms with E-state index in [1.807, 2.05) is 49.3 Å². The summed E-state index contributed by atoms with van der Waals surface area (Å²) in [4.78, 5) is 19.5. The van der Waals surface area contributed by atoms with Gasteiger partial charge in [-0.25, -0.2) is 9.79 Å². The average Bonchev–Trinajstić information content (AvgIpc) is 2.89. The highest BCUT2D eigenvalue weighted by Gasteiger charge is 2.17. The van der Waals surface area contributed by atoms with Gasteiger partial charge in [-0.2, -0.15) is 0 Å². The Labute approximate surface area is 136 Å². The number of rotatable bonds is 4. The summed E-state index contributed by atoms with van der Waals surface area (Å²) in [5.41, 5.74) is 1.66. The second kappa shape index (κ2) is 6.87. The number of benzene rings is 1. The highest BCUT2D eigenvalue weighted by Crippen LogP contribution is 2.37. The number of carbonyl (C=O) groups is 1. The zero-order chi connectivity index (χ0) is 15.4. The van der Waals surface area contributed by atoms with Gasteiger partial charge in [0.15, 0.2) is 0 Å². The van der Waals surface area contributed by atoms with Crippen LogP contribution in [0.25, 0.3) is 10.4 Å². The Morgan fingerprint density at radius 1 is 1.33 bits per heavy atom. The van der Waals surface area contributed by atoms with Crippen LogP contribution in [0.1, 0.15) is 9.67 Å². The van der Waals surface area contributed by atoms with Gasteiger partial charge in [0.2, 0.25) is 0 Å². The van der Waals surface area contributed by atoms with Gasteiger partial charge in [-0.3, -0.25) is 0 Å². The summed E-state index contributed by atoms with van der Waals surface area (Å²) in [6.45, 7) is 0. The van der Waals surface area contributed by atoms with Crippen LogP contribution in [0.15, 0.2) is 39.8 Å². The third-order valence-electron chi connectivity index (χ3n) is 2.64. The van der Waals surface area contributed by atoms with Crippen LogP contribution in [-0.4, -0.2) is 38.4 Å². The molecule has 0 N–H and O–H groups in total. The van der Waals surface area contributed by atoms with Gasteiger partial charge < -0.3 is 9.64 Å². The highest BCUT2D eigenvalue weighted by atomic mass is 79.9. The maximum atomic E-state index is 11.9. The fourth-order valence-corrected chi connectivity index (χ4v) is 2.94. The number of thiophene rings is 1. The number of esters is 1. The number of methoxy groups -OCH3 is 1. The maximum absolute atomic E-state index is 11.9. The average molecular weight is 367 g/mol. The van der Waals surface area contributed by atoms with Crippen molar-refractivity contribution < 1.29 is 9.53 Å². The van der Waals surface area contributed by atoms with Gasteiger partial charge in [0.25, 0.3) is 0 Å². The fourth-order valence-electron chi connectivity index (χ4n) is 1.65. The van der Waals surface area contributed by atoms with Crippen molar-refractivity contribution in [3.05, 3.63) is 39.7 Å². The van der Waals surface area contributed by atoms with Crippen LogP contribution in [-0.2, 0) is 4.74 Å². The Morgan fingerprint density at radius 2 is 2.00 bits per heavy atom. The summed E-state index contributed by atoms with van der Waals surface area (Å²) in [7, 11) is 5.13. The van der Waals surface area contributed by atoms with Crippen molar-refractivity contribution in [2.75, 3.05) is 21.2 Å². The highest BCUT2D eigenvalue weighted by molar-refractivity contribution is 9.10. The third-order valence-corrected chi connectivity index (χ3v) is 4.32. The molecule has 2 aromatic rings. The Bertz CT molecular complexity index is 663. The van der Waals surface area contributed by atoms with E-state index in [-0.39, 0.29) is 5.97 Å². The topological polar surface area (TPSA) is 41.9 Å². The largest absolute Gasteiger partial charge is 0.465 e. The molecule has 0 saturated carbocycles. The number of carbonyl (C=O) groups excluding carboxylic acids is 1. The van der Waals surface area contributed by atoms with Crippen molar-refractivity contribution in [3.63, 3.8) is 0 Å². The molecule has 1 aromatic heterocycles. The molecule has 2 rings (SSSR count). The summed E-state index contributed by atoms with van der Waals surface area (Å²) < 4.78 is 5.84. The first-order chi connectivity index (χ1) is 10.0. The molecule has 1 aromatic carbocycles. The molecule has 0 aliphatic carbocycles. The molecule has 6 heteroatoms. The van der Waals surface area contributed by atoms with Crippen molar-refractivity contribution in [2.45, 2.75) is 0 Å². The number of nitrogens with zero attached hydrogens (tertiary/aromatic N) is 2. The number of ether oxygens (including phenoxy) is 1. The van der Waals surface area contributed by atoms with E-state index in [0.29, 0.717) is 10.6 Å². The molecule has 110 valence electrons. The number of aliphatic imine (C=N–C) groups is 1. The first-order valence-electron chi connectivity index (χ1n) is 6.20. The van der Waals surface area contributed by atoms with Crippen LogP contribution >= 0.6 is 27.3 Å². The Kier molecular flexibility index (Phi) is 5.14. The quantitative estimate of drug-likeness (QED) is 0.462. The maximum Gasteiger partial charge on any atom is 0.350 e. The SMILES string of the molecule is COC(=O)c1sc(-c2ccc(Br)cc2)cc1N=CN(C)C. The van der Waals surface area contributed by atoms with Crippen molar-refractivity contribution in [1.29, 1.82) is 0 Å². The molecule has 0 unspecified atom stereocenters. The van der Waals surface area contributed by atoms with Gasteiger partial charge in [0, 0.05) is 23.4 Å². The van der Waals surface area contributed by atoms with E-state index in [9.17, 15) is 4.79 Å². The van der Waals surface area contributed by atoms with Crippen molar-refractivity contribution in [1.82, 2.24) is 4.90 Å². The van der Waals surface area contributed by atoms with Gasteiger partial charge >= 0.3 is 5.97 Å². The number of hydrogen-bond donors (Lipinski definition) is 0. The Morgan fingerprint density at radius 3 is 2.57 bits per heavy atom. The summed E-state index contributed by atoms with van der Waals surface area (Å²) in [6, 6.07) is 9.83. The number of halogens is 1. The molecule has 0 radical (unpaired) electrons. The van der Waals surface area contributed by atoms with Gasteiger partial charge in [-0.15, -0.1) is 11.3 Å². The van der Waals surface area contributed by atoms with Gasteiger partial charge in [0.1, 0.15) is 4.88 Å². The van der Waals surface area contributed by atoms with Crippen LogP contribution in [0.5, 0.6) is 0 Å². The fraction of sp³-hybridized carbons (Fsp3) is 0.200. The predicted molar refractivity (Wildman–Crippen MR) is 90.6 cm³/mol. The number of hydrogen-bond acceptors (Lipinski definition) is 4. The molecule has 0 spiro atoms. The van der Waals surface area contributed by atoms with E-state index in [0.717, 1.165) is 14.9 Å². The lowest BCUT2D eigenvalue weighted by Gasteiger charge is -2.02. The van der Waals surface area contributed by atoms with E-state index in [2.05, 4.69) is 20.9 Å². The van der Waals surface area contributed by atoms with Crippen LogP contribution in [0.3, 0.4) is 0 Å². The van der Waals surface area contributed by atoms with E-state index >= 15 is 0 Å². The van der Waals surface area contributed by atoms with Crippen LogP contribution in [0.4, 0.5) is 5.69 Å². The zero-order valence-corrected chi connectivity index (χ0v) is 14.4. The second-order valence-electron chi connectivity index (χ2n) is 4.53. The Balaban J connectivity index is 2.44.